The van der Waals surface area contributed by atoms with Crippen molar-refractivity contribution in [2.45, 2.75) is 6.42 Å². The molecule has 1 amide bonds. The summed E-state index contributed by atoms with van der Waals surface area (Å²) in [5, 5.41) is 19.3. The fraction of sp³-hybridized carbons (Fsp3) is 0.250. The van der Waals surface area contributed by atoms with Crippen LogP contribution in [-0.4, -0.2) is 58.4 Å². The molecule has 1 aromatic heterocycles. The van der Waals surface area contributed by atoms with Crippen LogP contribution >= 0.6 is 11.6 Å². The second-order valence-corrected chi connectivity index (χ2v) is 8.29. The summed E-state index contributed by atoms with van der Waals surface area (Å²) in [5.41, 5.74) is 2.78. The first-order chi connectivity index (χ1) is 15.9. The molecule has 0 unspecified atom stereocenters. The molecule has 0 saturated carbocycles. The first kappa shape index (κ1) is 22.7. The Labute approximate surface area is 197 Å². The Morgan fingerprint density at radius 2 is 1.70 bits per heavy atom. The van der Waals surface area contributed by atoms with Gasteiger partial charge in [-0.25, -0.2) is 0 Å². The molecule has 9 heteroatoms. The van der Waals surface area contributed by atoms with Gasteiger partial charge in [-0.1, -0.05) is 35.9 Å². The fourth-order valence-electron chi connectivity index (χ4n) is 3.73. The molecule has 170 valence electrons. The average molecular weight is 465 g/mol. The summed E-state index contributed by atoms with van der Waals surface area (Å²) in [6, 6.07) is 13.9. The number of amidine groups is 1. The van der Waals surface area contributed by atoms with Crippen molar-refractivity contribution in [1.29, 1.82) is 5.41 Å². The van der Waals surface area contributed by atoms with Crippen LogP contribution in [0.3, 0.4) is 0 Å². The lowest BCUT2D eigenvalue weighted by Crippen LogP contribution is -2.46. The summed E-state index contributed by atoms with van der Waals surface area (Å²) in [5.74, 6) is -0.00396. The number of anilines is 1. The van der Waals surface area contributed by atoms with E-state index in [0.29, 0.717) is 33.4 Å². The third kappa shape index (κ3) is 5.30. The van der Waals surface area contributed by atoms with Gasteiger partial charge in [0, 0.05) is 55.1 Å². The summed E-state index contributed by atoms with van der Waals surface area (Å²) < 4.78 is 1.54. The van der Waals surface area contributed by atoms with E-state index in [4.69, 9.17) is 17.0 Å². The van der Waals surface area contributed by atoms with Crippen molar-refractivity contribution in [1.82, 2.24) is 20.0 Å². The van der Waals surface area contributed by atoms with Crippen molar-refractivity contribution < 1.29 is 9.59 Å². The van der Waals surface area contributed by atoms with Crippen LogP contribution in [0.4, 0.5) is 5.69 Å². The van der Waals surface area contributed by atoms with Crippen molar-refractivity contribution in [2.24, 2.45) is 7.05 Å². The Hall–Kier alpha value is -3.49. The molecule has 0 spiro atoms. The maximum absolute atomic E-state index is 13.0. The zero-order chi connectivity index (χ0) is 23.4. The number of ketones is 1. The van der Waals surface area contributed by atoms with E-state index in [1.54, 1.807) is 60.3 Å². The molecule has 0 radical (unpaired) electrons. The lowest BCUT2D eigenvalue weighted by atomic mass is 10.0. The van der Waals surface area contributed by atoms with Crippen LogP contribution < -0.4 is 10.6 Å². The van der Waals surface area contributed by atoms with Gasteiger partial charge in [-0.2, -0.15) is 5.10 Å². The highest BCUT2D eigenvalue weighted by atomic mass is 35.5. The molecule has 3 aromatic rings. The highest BCUT2D eigenvalue weighted by Gasteiger charge is 2.20. The Balaban J connectivity index is 1.45. The normalized spacial score (nSPS) is 13.6. The van der Waals surface area contributed by atoms with Gasteiger partial charge in [-0.05, 0) is 24.3 Å². The van der Waals surface area contributed by atoms with Gasteiger partial charge in [-0.15, -0.1) is 0 Å². The van der Waals surface area contributed by atoms with Gasteiger partial charge < -0.3 is 15.5 Å². The van der Waals surface area contributed by atoms with Crippen LogP contribution in [0.1, 0.15) is 32.0 Å². The molecule has 2 aromatic carbocycles. The van der Waals surface area contributed by atoms with Crippen LogP contribution in [0.2, 0.25) is 5.02 Å². The largest absolute Gasteiger partial charge is 0.354 e. The van der Waals surface area contributed by atoms with Gasteiger partial charge in [0.1, 0.15) is 5.84 Å². The summed E-state index contributed by atoms with van der Waals surface area (Å²) >= 11 is 5.90. The summed E-state index contributed by atoms with van der Waals surface area (Å²) in [4.78, 5) is 27.8. The number of aromatic nitrogens is 2. The number of rotatable bonds is 6. The first-order valence-electron chi connectivity index (χ1n) is 10.7. The van der Waals surface area contributed by atoms with E-state index in [1.165, 1.54) is 6.20 Å². The lowest BCUT2D eigenvalue weighted by molar-refractivity contribution is 0.0990. The minimum absolute atomic E-state index is 0.0362. The third-order valence-corrected chi connectivity index (χ3v) is 5.90. The average Bonchev–Trinajstić information content (AvgIpc) is 3.20. The highest BCUT2D eigenvalue weighted by Crippen LogP contribution is 2.18. The first-order valence-corrected chi connectivity index (χ1v) is 11.1. The standard InChI is InChI=1S/C24H25ClN6O2/c1-30-21(20(15-28-30)24(33)29-19-8-6-18(25)7-9-19)14-22(32)16-2-4-17(5-3-16)23(26)31-12-10-27-11-13-31/h2-9,15,26-27H,10-14H2,1H3,(H,29,33). The van der Waals surface area contributed by atoms with E-state index < -0.39 is 0 Å². The quantitative estimate of drug-likeness (QED) is 0.295. The number of carbonyl (C=O) groups is 2. The predicted molar refractivity (Wildman–Crippen MR) is 128 cm³/mol. The highest BCUT2D eigenvalue weighted by molar-refractivity contribution is 6.30. The molecule has 0 atom stereocenters. The van der Waals surface area contributed by atoms with Gasteiger partial charge >= 0.3 is 0 Å². The molecule has 1 fully saturated rings. The maximum atomic E-state index is 13.0. The SMILES string of the molecule is Cn1ncc(C(=O)Nc2ccc(Cl)cc2)c1CC(=O)c1ccc(C(=N)N2CCNCC2)cc1. The Morgan fingerprint density at radius 1 is 1.06 bits per heavy atom. The summed E-state index contributed by atoms with van der Waals surface area (Å²) in [6.45, 7) is 3.30. The molecular formula is C24H25ClN6O2. The van der Waals surface area contributed by atoms with E-state index in [-0.39, 0.29) is 18.1 Å². The van der Waals surface area contributed by atoms with Gasteiger partial charge in [-0.3, -0.25) is 19.7 Å². The van der Waals surface area contributed by atoms with Crippen molar-refractivity contribution in [2.75, 3.05) is 31.5 Å². The number of benzene rings is 2. The van der Waals surface area contributed by atoms with E-state index in [2.05, 4.69) is 15.7 Å². The molecule has 4 rings (SSSR count). The zero-order valence-corrected chi connectivity index (χ0v) is 19.0. The molecule has 1 saturated heterocycles. The van der Waals surface area contributed by atoms with Crippen LogP contribution in [0.15, 0.2) is 54.7 Å². The summed E-state index contributed by atoms with van der Waals surface area (Å²) in [7, 11) is 1.71. The molecule has 0 aliphatic carbocycles. The van der Waals surface area contributed by atoms with Crippen LogP contribution in [0.5, 0.6) is 0 Å². The number of aryl methyl sites for hydroxylation is 1. The molecule has 2 heterocycles. The molecule has 8 nitrogen and oxygen atoms in total. The number of piperazine rings is 1. The van der Waals surface area contributed by atoms with E-state index in [9.17, 15) is 9.59 Å². The van der Waals surface area contributed by atoms with Crippen molar-refractivity contribution >= 4 is 34.8 Å². The van der Waals surface area contributed by atoms with Gasteiger partial charge in [0.15, 0.2) is 5.78 Å². The number of carbonyl (C=O) groups excluding carboxylic acids is 2. The number of nitrogens with zero attached hydrogens (tertiary/aromatic N) is 3. The van der Waals surface area contributed by atoms with Crippen LogP contribution in [0, 0.1) is 5.41 Å². The molecule has 1 aliphatic rings. The molecule has 1 aliphatic heterocycles. The number of hydrogen-bond donors (Lipinski definition) is 3. The summed E-state index contributed by atoms with van der Waals surface area (Å²) in [6.07, 6.45) is 1.50. The van der Waals surface area contributed by atoms with Crippen molar-refractivity contribution in [3.05, 3.63) is 82.1 Å². The zero-order valence-electron chi connectivity index (χ0n) is 18.3. The molecule has 33 heavy (non-hydrogen) atoms. The second kappa shape index (κ2) is 9.97. The number of amides is 1. The number of nitrogens with one attached hydrogen (secondary N) is 3. The number of halogens is 1. The minimum Gasteiger partial charge on any atom is -0.354 e. The third-order valence-electron chi connectivity index (χ3n) is 5.65. The monoisotopic (exact) mass is 464 g/mol. The van der Waals surface area contributed by atoms with E-state index >= 15 is 0 Å². The van der Waals surface area contributed by atoms with E-state index in [0.717, 1.165) is 31.7 Å². The van der Waals surface area contributed by atoms with Gasteiger partial charge in [0.05, 0.1) is 23.9 Å². The Bertz CT molecular complexity index is 1160. The smallest absolute Gasteiger partial charge is 0.259 e. The van der Waals surface area contributed by atoms with Crippen molar-refractivity contribution in [3.8, 4) is 0 Å². The number of hydrogen-bond acceptors (Lipinski definition) is 5. The minimum atomic E-state index is -0.340. The topological polar surface area (TPSA) is 103 Å². The predicted octanol–water partition coefficient (Wildman–Crippen LogP) is 2.98. The van der Waals surface area contributed by atoms with Crippen LogP contribution in [0.25, 0.3) is 0 Å². The Morgan fingerprint density at radius 3 is 2.36 bits per heavy atom. The molecule has 0 bridgehead atoms. The van der Waals surface area contributed by atoms with Gasteiger partial charge in [0.2, 0.25) is 0 Å². The molecular weight excluding hydrogens is 440 g/mol. The van der Waals surface area contributed by atoms with E-state index in [1.807, 2.05) is 4.90 Å². The van der Waals surface area contributed by atoms with Crippen molar-refractivity contribution in [3.63, 3.8) is 0 Å². The Kier molecular flexibility index (Phi) is 6.86. The number of Topliss-reactive ketones (excluding diaryl/α,β-unsaturated/α-hetero) is 1. The molecule has 3 N–H and O–H groups in total. The van der Waals surface area contributed by atoms with Crippen LogP contribution in [-0.2, 0) is 13.5 Å². The van der Waals surface area contributed by atoms with Gasteiger partial charge in [0.25, 0.3) is 5.91 Å². The fourth-order valence-corrected chi connectivity index (χ4v) is 3.86. The second-order valence-electron chi connectivity index (χ2n) is 7.85. The maximum Gasteiger partial charge on any atom is 0.259 e. The lowest BCUT2D eigenvalue weighted by Gasteiger charge is -2.29.